The van der Waals surface area contributed by atoms with E-state index in [1.165, 1.54) is 0 Å². The van der Waals surface area contributed by atoms with Gasteiger partial charge in [0.15, 0.2) is 35.4 Å². The summed E-state index contributed by atoms with van der Waals surface area (Å²) in [5.74, 6) is -5.22. The molecule has 17 nitrogen and oxygen atoms in total. The predicted molar refractivity (Wildman–Crippen MR) is 137 cm³/mol. The molecule has 2 aliphatic heterocycles. The second kappa shape index (κ2) is 11.6. The molecule has 0 aliphatic carbocycles. The molecule has 2 aromatic carbocycles. The summed E-state index contributed by atoms with van der Waals surface area (Å²) >= 11 is 0. The Bertz CT molecular complexity index is 1530. The van der Waals surface area contributed by atoms with Gasteiger partial charge in [-0.1, -0.05) is 0 Å². The normalized spacial score (nSPS) is 31.0. The third-order valence-electron chi connectivity index (χ3n) is 7.10. The highest BCUT2D eigenvalue weighted by molar-refractivity contribution is 5.88. The lowest BCUT2D eigenvalue weighted by Crippen LogP contribution is -2.62. The molecule has 2 fully saturated rings. The molecule has 3 heterocycles. The van der Waals surface area contributed by atoms with Crippen molar-refractivity contribution in [1.82, 2.24) is 0 Å². The molecule has 2 saturated heterocycles. The number of benzene rings is 2. The topological polar surface area (TPSA) is 290 Å². The van der Waals surface area contributed by atoms with E-state index in [4.69, 9.17) is 23.4 Å². The van der Waals surface area contributed by atoms with Crippen LogP contribution in [0.2, 0.25) is 0 Å². The van der Waals surface area contributed by atoms with Crippen molar-refractivity contribution >= 4 is 11.0 Å². The number of phenols is 5. The number of aliphatic hydroxyl groups excluding tert-OH is 6. The zero-order chi connectivity index (χ0) is 31.3. The standard InChI is InChI=1S/C26H28O17/c27-5-13-17(34)20(37)24(43-25-21(38)18(35)14(6-28)40-25)26(41-13)42-23-19(36)15-9(30)3-8(29)4-12(15)39-22(23)7-1-10(31)16(33)11(32)2-7/h1-4,13-14,17-18,20-21,24-35,37-38H,5-6H2/t13-,14-,17-,18+,20+,21-,24-,25+,26+/m1/s1. The second-order valence-corrected chi connectivity index (χ2v) is 9.92. The molecule has 9 atom stereocenters. The zero-order valence-electron chi connectivity index (χ0n) is 21.8. The molecule has 0 spiro atoms. The number of aromatic hydroxyl groups is 5. The molecule has 2 aliphatic rings. The molecule has 0 bridgehead atoms. The van der Waals surface area contributed by atoms with Gasteiger partial charge in [-0.15, -0.1) is 0 Å². The molecule has 1 aromatic heterocycles. The molecule has 234 valence electrons. The summed E-state index contributed by atoms with van der Waals surface area (Å²) in [6.07, 6.45) is -15.4. The van der Waals surface area contributed by atoms with Crippen LogP contribution >= 0.6 is 0 Å². The maximum absolute atomic E-state index is 13.7. The number of phenolic OH excluding ortho intramolecular Hbond substituents is 5. The van der Waals surface area contributed by atoms with Gasteiger partial charge in [-0.25, -0.2) is 0 Å². The van der Waals surface area contributed by atoms with Gasteiger partial charge in [-0.2, -0.15) is 0 Å². The summed E-state index contributed by atoms with van der Waals surface area (Å²) < 4.78 is 27.9. The summed E-state index contributed by atoms with van der Waals surface area (Å²) in [5.41, 5.74) is -1.78. The van der Waals surface area contributed by atoms with E-state index in [-0.39, 0.29) is 11.1 Å². The first-order chi connectivity index (χ1) is 20.4. The fourth-order valence-corrected chi connectivity index (χ4v) is 4.85. The van der Waals surface area contributed by atoms with Gasteiger partial charge in [0.25, 0.3) is 0 Å². The Morgan fingerprint density at radius 3 is 1.91 bits per heavy atom. The van der Waals surface area contributed by atoms with Crippen molar-refractivity contribution in [2.24, 2.45) is 0 Å². The first kappa shape index (κ1) is 30.5. The van der Waals surface area contributed by atoms with Gasteiger partial charge in [0.2, 0.25) is 17.5 Å². The Morgan fingerprint density at radius 1 is 0.721 bits per heavy atom. The van der Waals surface area contributed by atoms with Gasteiger partial charge < -0.3 is 79.5 Å². The minimum absolute atomic E-state index is 0.277. The average Bonchev–Trinajstić information content (AvgIpc) is 3.23. The lowest BCUT2D eigenvalue weighted by atomic mass is 9.99. The van der Waals surface area contributed by atoms with Crippen molar-refractivity contribution in [2.45, 2.75) is 55.3 Å². The summed E-state index contributed by atoms with van der Waals surface area (Å²) in [7, 11) is 0. The Morgan fingerprint density at radius 2 is 1.30 bits per heavy atom. The predicted octanol–water partition coefficient (Wildman–Crippen LogP) is -2.37. The lowest BCUT2D eigenvalue weighted by Gasteiger charge is -2.42. The highest BCUT2D eigenvalue weighted by Crippen LogP contribution is 2.43. The molecule has 3 aromatic rings. The van der Waals surface area contributed by atoms with Crippen molar-refractivity contribution in [2.75, 3.05) is 13.2 Å². The molecule has 0 saturated carbocycles. The fraction of sp³-hybridized carbons (Fsp3) is 0.423. The largest absolute Gasteiger partial charge is 0.508 e. The molecule has 43 heavy (non-hydrogen) atoms. The number of rotatable bonds is 7. The number of hydrogen-bond donors (Lipinski definition) is 11. The van der Waals surface area contributed by atoms with E-state index >= 15 is 0 Å². The van der Waals surface area contributed by atoms with Crippen LogP contribution in [0.25, 0.3) is 22.3 Å². The van der Waals surface area contributed by atoms with Gasteiger partial charge in [0.05, 0.1) is 13.2 Å². The maximum Gasteiger partial charge on any atom is 0.239 e. The fourth-order valence-electron chi connectivity index (χ4n) is 4.85. The van der Waals surface area contributed by atoms with Gasteiger partial charge in [-0.05, 0) is 12.1 Å². The van der Waals surface area contributed by atoms with Crippen LogP contribution in [0, 0.1) is 0 Å². The molecule has 0 amide bonds. The summed E-state index contributed by atoms with van der Waals surface area (Å²) in [4.78, 5) is 13.7. The first-order valence-electron chi connectivity index (χ1n) is 12.7. The number of fused-ring (bicyclic) bond motifs is 1. The van der Waals surface area contributed by atoms with Crippen molar-refractivity contribution in [3.05, 3.63) is 34.5 Å². The molecule has 5 rings (SSSR count). The summed E-state index contributed by atoms with van der Waals surface area (Å²) in [6.45, 7) is -1.58. The first-order valence-corrected chi connectivity index (χ1v) is 12.7. The van der Waals surface area contributed by atoms with E-state index in [9.17, 15) is 61.0 Å². The molecule has 0 radical (unpaired) electrons. The van der Waals surface area contributed by atoms with Gasteiger partial charge in [-0.3, -0.25) is 4.79 Å². The Balaban J connectivity index is 1.64. The molecular weight excluding hydrogens is 584 g/mol. The van der Waals surface area contributed by atoms with Gasteiger partial charge in [0.1, 0.15) is 59.1 Å². The summed E-state index contributed by atoms with van der Waals surface area (Å²) in [6, 6.07) is 3.54. The highest BCUT2D eigenvalue weighted by atomic mass is 16.8. The van der Waals surface area contributed by atoms with E-state index < -0.39 is 120 Å². The molecule has 0 unspecified atom stereocenters. The van der Waals surface area contributed by atoms with E-state index in [1.807, 2.05) is 0 Å². The number of ether oxygens (including phenoxy) is 4. The average molecular weight is 612 g/mol. The highest BCUT2D eigenvalue weighted by Gasteiger charge is 2.51. The number of hydrogen-bond acceptors (Lipinski definition) is 17. The van der Waals surface area contributed by atoms with Gasteiger partial charge in [0, 0.05) is 17.7 Å². The zero-order valence-corrected chi connectivity index (χ0v) is 21.8. The Hall–Kier alpha value is -3.91. The minimum atomic E-state index is -1.94. The Kier molecular flexibility index (Phi) is 8.27. The molecular formula is C26H28O17. The quantitative estimate of drug-likeness (QED) is 0.124. The van der Waals surface area contributed by atoms with E-state index in [2.05, 4.69) is 0 Å². The second-order valence-electron chi connectivity index (χ2n) is 9.92. The van der Waals surface area contributed by atoms with Crippen LogP contribution in [0.15, 0.2) is 33.5 Å². The van der Waals surface area contributed by atoms with Crippen LogP contribution in [0.4, 0.5) is 0 Å². The smallest absolute Gasteiger partial charge is 0.239 e. The Labute approximate surface area is 239 Å². The van der Waals surface area contributed by atoms with E-state index in [0.717, 1.165) is 24.3 Å². The van der Waals surface area contributed by atoms with Crippen molar-refractivity contribution in [1.29, 1.82) is 0 Å². The van der Waals surface area contributed by atoms with E-state index in [0.29, 0.717) is 0 Å². The summed E-state index contributed by atoms with van der Waals surface area (Å²) in [5, 5.41) is 111. The van der Waals surface area contributed by atoms with Crippen LogP contribution in [-0.4, -0.2) is 125 Å². The van der Waals surface area contributed by atoms with Crippen LogP contribution in [0.5, 0.6) is 34.5 Å². The van der Waals surface area contributed by atoms with Crippen LogP contribution in [0.1, 0.15) is 0 Å². The van der Waals surface area contributed by atoms with Crippen LogP contribution in [-0.2, 0) is 14.2 Å². The third kappa shape index (κ3) is 5.37. The SMILES string of the molecule is O=c1c(O[C@@H]2O[C@H](CO)[C@@H](O)[C@H](O)[C@H]2O[C@@H]2O[C@H](CO)[C@H](O)[C@H]2O)c(-c2cc(O)c(O)c(O)c2)oc2cc(O)cc(O)c12. The van der Waals surface area contributed by atoms with Crippen LogP contribution < -0.4 is 10.2 Å². The van der Waals surface area contributed by atoms with Crippen LogP contribution in [0.3, 0.4) is 0 Å². The maximum atomic E-state index is 13.7. The third-order valence-corrected chi connectivity index (χ3v) is 7.10. The lowest BCUT2D eigenvalue weighted by molar-refractivity contribution is -0.320. The van der Waals surface area contributed by atoms with E-state index in [1.54, 1.807) is 0 Å². The monoisotopic (exact) mass is 612 g/mol. The van der Waals surface area contributed by atoms with Crippen molar-refractivity contribution in [3.8, 4) is 45.8 Å². The van der Waals surface area contributed by atoms with Gasteiger partial charge >= 0.3 is 0 Å². The minimum Gasteiger partial charge on any atom is -0.508 e. The molecule has 17 heteroatoms. The molecule has 11 N–H and O–H groups in total. The number of aliphatic hydroxyl groups is 6. The van der Waals surface area contributed by atoms with Crippen molar-refractivity contribution < 1.29 is 79.5 Å². The van der Waals surface area contributed by atoms with Crippen molar-refractivity contribution in [3.63, 3.8) is 0 Å².